The fraction of sp³-hybridized carbons (Fsp3) is 0.176. The first kappa shape index (κ1) is 17.2. The molecule has 25 heavy (non-hydrogen) atoms. The number of hydrogen-bond donors (Lipinski definition) is 1. The molecule has 0 radical (unpaired) electrons. The molecule has 0 fully saturated rings. The summed E-state index contributed by atoms with van der Waals surface area (Å²) in [6, 6.07) is 9.31. The lowest BCUT2D eigenvalue weighted by molar-refractivity contribution is -0.141. The zero-order valence-corrected chi connectivity index (χ0v) is 13.6. The normalized spacial score (nSPS) is 12.8. The molecule has 0 bridgehead atoms. The number of nitrogens with zero attached hydrogens (tertiary/aromatic N) is 1. The molecule has 3 aromatic heterocycles. The molecule has 0 aliphatic heterocycles. The number of halogens is 3. The van der Waals surface area contributed by atoms with E-state index in [1.807, 2.05) is 23.6 Å². The number of carbonyl (C=O) groups excluding carboxylic acids is 1. The van der Waals surface area contributed by atoms with E-state index in [2.05, 4.69) is 10.3 Å². The highest BCUT2D eigenvalue weighted by Gasteiger charge is 2.32. The summed E-state index contributed by atoms with van der Waals surface area (Å²) < 4.78 is 43.0. The maximum atomic E-state index is 12.5. The first-order valence-corrected chi connectivity index (χ1v) is 8.21. The highest BCUT2D eigenvalue weighted by Crippen LogP contribution is 2.29. The molecule has 3 rings (SSSR count). The van der Waals surface area contributed by atoms with Crippen molar-refractivity contribution in [3.8, 4) is 0 Å². The van der Waals surface area contributed by atoms with Crippen LogP contribution in [0.5, 0.6) is 0 Å². The quantitative estimate of drug-likeness (QED) is 0.732. The first-order valence-electron chi connectivity index (χ1n) is 7.33. The Morgan fingerprint density at radius 1 is 1.24 bits per heavy atom. The number of rotatable bonds is 5. The molecule has 1 atom stereocenters. The molecule has 0 saturated heterocycles. The molecular formula is C17H13F3N2O2S. The average molecular weight is 366 g/mol. The van der Waals surface area contributed by atoms with Crippen molar-refractivity contribution in [1.82, 2.24) is 10.3 Å². The Morgan fingerprint density at radius 2 is 2.08 bits per heavy atom. The monoisotopic (exact) mass is 366 g/mol. The minimum absolute atomic E-state index is 0.0670. The average Bonchev–Trinajstić information content (AvgIpc) is 3.28. The summed E-state index contributed by atoms with van der Waals surface area (Å²) >= 11 is 1.53. The molecule has 1 amide bonds. The summed E-state index contributed by atoms with van der Waals surface area (Å²) in [5.74, 6) is 0.0454. The van der Waals surface area contributed by atoms with Crippen LogP contribution in [-0.4, -0.2) is 17.4 Å². The molecule has 3 aromatic rings. The first-order chi connectivity index (χ1) is 11.9. The van der Waals surface area contributed by atoms with Crippen molar-refractivity contribution in [2.45, 2.75) is 12.1 Å². The maximum Gasteiger partial charge on any atom is 0.433 e. The van der Waals surface area contributed by atoms with Gasteiger partial charge in [-0.2, -0.15) is 13.2 Å². The van der Waals surface area contributed by atoms with E-state index in [1.54, 1.807) is 12.3 Å². The van der Waals surface area contributed by atoms with Crippen molar-refractivity contribution in [2.24, 2.45) is 0 Å². The third-order valence-corrected chi connectivity index (χ3v) is 4.54. The Kier molecular flexibility index (Phi) is 4.89. The molecule has 3 heterocycles. The second-order valence-electron chi connectivity index (χ2n) is 5.22. The van der Waals surface area contributed by atoms with E-state index in [0.29, 0.717) is 5.76 Å². The number of aromatic nitrogens is 1. The van der Waals surface area contributed by atoms with Crippen molar-refractivity contribution in [3.05, 3.63) is 76.1 Å². The van der Waals surface area contributed by atoms with Crippen molar-refractivity contribution in [2.75, 3.05) is 6.54 Å². The van der Waals surface area contributed by atoms with Crippen molar-refractivity contribution >= 4 is 17.2 Å². The van der Waals surface area contributed by atoms with Gasteiger partial charge in [-0.1, -0.05) is 6.07 Å². The van der Waals surface area contributed by atoms with E-state index in [0.717, 1.165) is 23.2 Å². The number of carbonyl (C=O) groups is 1. The van der Waals surface area contributed by atoms with Gasteiger partial charge in [0.1, 0.15) is 11.5 Å². The van der Waals surface area contributed by atoms with Gasteiger partial charge in [0.15, 0.2) is 0 Å². The van der Waals surface area contributed by atoms with Crippen LogP contribution in [0.2, 0.25) is 0 Å². The number of pyridine rings is 1. The number of nitrogens with one attached hydrogen (secondary N) is 1. The van der Waals surface area contributed by atoms with Crippen LogP contribution in [0.25, 0.3) is 0 Å². The van der Waals surface area contributed by atoms with E-state index >= 15 is 0 Å². The predicted octanol–water partition coefficient (Wildman–Crippen LogP) is 4.32. The van der Waals surface area contributed by atoms with Crippen molar-refractivity contribution in [3.63, 3.8) is 0 Å². The van der Waals surface area contributed by atoms with Crippen LogP contribution >= 0.6 is 11.3 Å². The highest BCUT2D eigenvalue weighted by molar-refractivity contribution is 7.10. The zero-order valence-electron chi connectivity index (χ0n) is 12.8. The summed E-state index contributed by atoms with van der Waals surface area (Å²) in [6.07, 6.45) is -2.05. The van der Waals surface area contributed by atoms with Gasteiger partial charge in [0.25, 0.3) is 5.91 Å². The lowest BCUT2D eigenvalue weighted by Crippen LogP contribution is -2.28. The summed E-state index contributed by atoms with van der Waals surface area (Å²) in [6.45, 7) is 0.258. The Balaban J connectivity index is 1.70. The smallest absolute Gasteiger partial charge is 0.433 e. The van der Waals surface area contributed by atoms with Crippen LogP contribution in [-0.2, 0) is 6.18 Å². The van der Waals surface area contributed by atoms with E-state index in [1.165, 1.54) is 11.3 Å². The zero-order chi connectivity index (χ0) is 17.9. The van der Waals surface area contributed by atoms with Crippen LogP contribution in [0.15, 0.2) is 58.7 Å². The minimum atomic E-state index is -4.53. The standard InChI is InChI=1S/C17H13F3N2O2S/c18-17(19,20)15-6-5-11(9-21-15)16(23)22-10-12(13-3-1-7-24-13)14-4-2-8-25-14/h1-9,12H,10H2,(H,22,23). The molecule has 8 heteroatoms. The molecule has 0 saturated carbocycles. The van der Waals surface area contributed by atoms with Gasteiger partial charge in [0, 0.05) is 17.6 Å². The third kappa shape index (κ3) is 4.08. The Morgan fingerprint density at radius 3 is 2.64 bits per heavy atom. The van der Waals surface area contributed by atoms with Crippen LogP contribution in [0.1, 0.15) is 32.6 Å². The molecule has 0 aromatic carbocycles. The van der Waals surface area contributed by atoms with Gasteiger partial charge in [-0.15, -0.1) is 11.3 Å². The second kappa shape index (κ2) is 7.10. The SMILES string of the molecule is O=C(NCC(c1ccco1)c1cccs1)c1ccc(C(F)(F)F)nc1. The van der Waals surface area contributed by atoms with E-state index in [4.69, 9.17) is 4.42 Å². The van der Waals surface area contributed by atoms with Crippen LogP contribution in [0.4, 0.5) is 13.2 Å². The molecule has 0 aliphatic rings. The summed E-state index contributed by atoms with van der Waals surface area (Å²) in [7, 11) is 0. The Hall–Kier alpha value is -2.61. The Bertz CT molecular complexity index is 778. The topological polar surface area (TPSA) is 55.1 Å². The minimum Gasteiger partial charge on any atom is -0.469 e. The van der Waals surface area contributed by atoms with Crippen molar-refractivity contribution in [1.29, 1.82) is 0 Å². The molecule has 1 N–H and O–H groups in total. The summed E-state index contributed by atoms with van der Waals surface area (Å²) in [5.41, 5.74) is -0.964. The van der Waals surface area contributed by atoms with Crippen LogP contribution < -0.4 is 5.32 Å². The second-order valence-corrected chi connectivity index (χ2v) is 6.20. The van der Waals surface area contributed by atoms with E-state index in [9.17, 15) is 18.0 Å². The highest BCUT2D eigenvalue weighted by atomic mass is 32.1. The fourth-order valence-electron chi connectivity index (χ4n) is 2.31. The molecule has 130 valence electrons. The number of alkyl halides is 3. The van der Waals surface area contributed by atoms with Crippen LogP contribution in [0, 0.1) is 0 Å². The number of furan rings is 1. The van der Waals surface area contributed by atoms with E-state index in [-0.39, 0.29) is 18.0 Å². The van der Waals surface area contributed by atoms with Gasteiger partial charge in [-0.3, -0.25) is 9.78 Å². The lowest BCUT2D eigenvalue weighted by Gasteiger charge is -2.14. The third-order valence-electron chi connectivity index (χ3n) is 3.56. The fourth-order valence-corrected chi connectivity index (χ4v) is 3.15. The maximum absolute atomic E-state index is 12.5. The lowest BCUT2D eigenvalue weighted by atomic mass is 10.0. The van der Waals surface area contributed by atoms with Crippen LogP contribution in [0.3, 0.4) is 0 Å². The van der Waals surface area contributed by atoms with Gasteiger partial charge in [-0.25, -0.2) is 0 Å². The molecule has 4 nitrogen and oxygen atoms in total. The van der Waals surface area contributed by atoms with Gasteiger partial charge >= 0.3 is 6.18 Å². The number of amides is 1. The van der Waals surface area contributed by atoms with Gasteiger partial charge in [0.2, 0.25) is 0 Å². The molecular weight excluding hydrogens is 353 g/mol. The molecule has 0 aliphatic carbocycles. The van der Waals surface area contributed by atoms with Gasteiger partial charge in [-0.05, 0) is 35.7 Å². The number of hydrogen-bond acceptors (Lipinski definition) is 4. The van der Waals surface area contributed by atoms with Gasteiger partial charge < -0.3 is 9.73 Å². The Labute approximate surface area is 145 Å². The predicted molar refractivity (Wildman–Crippen MR) is 86.4 cm³/mol. The number of thiophene rings is 1. The summed E-state index contributed by atoms with van der Waals surface area (Å²) in [5, 5.41) is 4.64. The largest absolute Gasteiger partial charge is 0.469 e. The summed E-state index contributed by atoms with van der Waals surface area (Å²) in [4.78, 5) is 16.5. The molecule has 0 spiro atoms. The van der Waals surface area contributed by atoms with E-state index < -0.39 is 17.8 Å². The molecule has 1 unspecified atom stereocenters. The van der Waals surface area contributed by atoms with Crippen molar-refractivity contribution < 1.29 is 22.4 Å². The van der Waals surface area contributed by atoms with Gasteiger partial charge in [0.05, 0.1) is 17.7 Å².